The summed E-state index contributed by atoms with van der Waals surface area (Å²) in [6.45, 7) is 9.01. The van der Waals surface area contributed by atoms with E-state index < -0.39 is 17.8 Å². The third kappa shape index (κ3) is 15.6. The quantitative estimate of drug-likeness (QED) is 0.0481. The smallest absolute Gasteiger partial charge is 0.317 e. The standard InChI is InChI=1S/C28H49FN8O5/c1-5-8-35(19-26(39)40)10-12-37(13-11-36(20-27(41)42)9-7-21(3)6-2)18-25(38)32-17-22-14-23(16-24(29)15-22)28(33-30)34-31-4/h14-16,21,31H,5-13,17-20,30H2,1-4H3,(H,32,38)(H,33,34)(H,39,40)(H,41,42). The van der Waals surface area contributed by atoms with Crippen molar-refractivity contribution in [1.29, 1.82) is 0 Å². The minimum Gasteiger partial charge on any atom is -0.480 e. The number of halogens is 1. The molecule has 1 aromatic carbocycles. The minimum atomic E-state index is -0.923. The van der Waals surface area contributed by atoms with Crippen molar-refractivity contribution >= 4 is 23.7 Å². The number of carboxylic acids is 2. The molecule has 1 atom stereocenters. The van der Waals surface area contributed by atoms with Gasteiger partial charge in [-0.15, -0.1) is 0 Å². The summed E-state index contributed by atoms with van der Waals surface area (Å²) in [6.07, 6.45) is 2.65. The largest absolute Gasteiger partial charge is 0.480 e. The summed E-state index contributed by atoms with van der Waals surface area (Å²) in [5.74, 6) is 3.44. The number of amidine groups is 1. The first kappa shape index (κ1) is 36.7. The number of hydrogen-bond acceptors (Lipinski definition) is 9. The number of rotatable bonds is 22. The van der Waals surface area contributed by atoms with E-state index in [0.717, 1.165) is 19.3 Å². The molecule has 0 spiro atoms. The predicted octanol–water partition coefficient (Wildman–Crippen LogP) is 0.708. The molecule has 0 saturated heterocycles. The Morgan fingerprint density at radius 2 is 1.50 bits per heavy atom. The molecule has 1 unspecified atom stereocenters. The van der Waals surface area contributed by atoms with E-state index in [2.05, 4.69) is 35.1 Å². The van der Waals surface area contributed by atoms with E-state index in [1.165, 1.54) is 12.1 Å². The summed E-state index contributed by atoms with van der Waals surface area (Å²) in [5.41, 5.74) is 6.32. The maximum atomic E-state index is 14.3. The number of aliphatic carboxylic acids is 2. The van der Waals surface area contributed by atoms with Gasteiger partial charge in [-0.05, 0) is 55.6 Å². The maximum absolute atomic E-state index is 14.3. The molecule has 0 saturated carbocycles. The molecule has 13 nitrogen and oxygen atoms in total. The highest BCUT2D eigenvalue weighted by Gasteiger charge is 2.18. The second kappa shape index (κ2) is 20.5. The number of hydrogen-bond donors (Lipinski definition) is 6. The first-order chi connectivity index (χ1) is 20.0. The van der Waals surface area contributed by atoms with Crippen molar-refractivity contribution in [3.05, 3.63) is 35.1 Å². The number of benzene rings is 1. The summed E-state index contributed by atoms with van der Waals surface area (Å²) >= 11 is 0. The Hall–Kier alpha value is -3.33. The highest BCUT2D eigenvalue weighted by Crippen LogP contribution is 2.10. The van der Waals surface area contributed by atoms with Crippen molar-refractivity contribution < 1.29 is 29.0 Å². The van der Waals surface area contributed by atoms with Gasteiger partial charge in [-0.1, -0.05) is 27.2 Å². The number of hydrazone groups is 1. The molecule has 0 aromatic heterocycles. The van der Waals surface area contributed by atoms with Crippen molar-refractivity contribution in [1.82, 2.24) is 30.9 Å². The van der Waals surface area contributed by atoms with Crippen LogP contribution in [0.4, 0.5) is 4.39 Å². The van der Waals surface area contributed by atoms with Gasteiger partial charge in [0.05, 0.1) is 19.6 Å². The molecule has 1 aromatic rings. The Labute approximate surface area is 248 Å². The van der Waals surface area contributed by atoms with E-state index in [1.54, 1.807) is 13.1 Å². The Morgan fingerprint density at radius 3 is 2.00 bits per heavy atom. The van der Waals surface area contributed by atoms with Crippen LogP contribution in [0.5, 0.6) is 0 Å². The molecule has 14 heteroatoms. The summed E-state index contributed by atoms with van der Waals surface area (Å²) in [4.78, 5) is 41.3. The van der Waals surface area contributed by atoms with Gasteiger partial charge < -0.3 is 26.8 Å². The lowest BCUT2D eigenvalue weighted by Crippen LogP contribution is -2.46. The van der Waals surface area contributed by atoms with Crippen LogP contribution in [0.2, 0.25) is 0 Å². The zero-order valence-corrected chi connectivity index (χ0v) is 25.4. The summed E-state index contributed by atoms with van der Waals surface area (Å²) < 4.78 is 14.3. The molecule has 42 heavy (non-hydrogen) atoms. The van der Waals surface area contributed by atoms with E-state index in [9.17, 15) is 29.0 Å². The molecule has 0 radical (unpaired) electrons. The van der Waals surface area contributed by atoms with Crippen molar-refractivity contribution in [3.63, 3.8) is 0 Å². The Kier molecular flexibility index (Phi) is 17.9. The van der Waals surface area contributed by atoms with Crippen LogP contribution in [0.1, 0.15) is 51.2 Å². The fourth-order valence-electron chi connectivity index (χ4n) is 4.33. The topological polar surface area (TPSA) is 176 Å². The van der Waals surface area contributed by atoms with Crippen molar-refractivity contribution in [2.75, 3.05) is 66.0 Å². The van der Waals surface area contributed by atoms with Gasteiger partial charge in [-0.2, -0.15) is 5.10 Å². The normalized spacial score (nSPS) is 12.6. The first-order valence-electron chi connectivity index (χ1n) is 14.4. The Bertz CT molecular complexity index is 1010. The van der Waals surface area contributed by atoms with Gasteiger partial charge in [-0.3, -0.25) is 29.1 Å². The van der Waals surface area contributed by atoms with E-state index in [1.807, 2.05) is 21.6 Å². The molecular formula is C28H49FN8O5. The number of carboxylic acid groups (broad SMARTS) is 2. The molecule has 0 fully saturated rings. The third-order valence-corrected chi connectivity index (χ3v) is 6.82. The van der Waals surface area contributed by atoms with Crippen LogP contribution in [-0.4, -0.2) is 115 Å². The highest BCUT2D eigenvalue weighted by atomic mass is 19.1. The van der Waals surface area contributed by atoms with Gasteiger partial charge >= 0.3 is 11.9 Å². The van der Waals surface area contributed by atoms with Crippen molar-refractivity contribution in [2.24, 2.45) is 16.9 Å². The van der Waals surface area contributed by atoms with Crippen LogP contribution < -0.4 is 22.0 Å². The maximum Gasteiger partial charge on any atom is 0.317 e. The summed E-state index contributed by atoms with van der Waals surface area (Å²) in [6, 6.07) is 4.24. The Balaban J connectivity index is 2.96. The van der Waals surface area contributed by atoms with Crippen LogP contribution in [-0.2, 0) is 20.9 Å². The lowest BCUT2D eigenvalue weighted by atomic mass is 10.1. The fraction of sp³-hybridized carbons (Fsp3) is 0.643. The monoisotopic (exact) mass is 596 g/mol. The molecular weight excluding hydrogens is 547 g/mol. The highest BCUT2D eigenvalue weighted by molar-refractivity contribution is 5.98. The van der Waals surface area contributed by atoms with Gasteiger partial charge in [0.2, 0.25) is 5.91 Å². The molecule has 1 rings (SSSR count). The van der Waals surface area contributed by atoms with E-state index in [-0.39, 0.29) is 37.9 Å². The van der Waals surface area contributed by atoms with Crippen LogP contribution in [0.25, 0.3) is 0 Å². The number of nitrogens with zero attached hydrogens (tertiary/aromatic N) is 4. The average Bonchev–Trinajstić information content (AvgIpc) is 2.93. The zero-order valence-electron chi connectivity index (χ0n) is 25.4. The molecule has 0 aliphatic rings. The van der Waals surface area contributed by atoms with Gasteiger partial charge in [0, 0.05) is 45.3 Å². The van der Waals surface area contributed by atoms with Crippen LogP contribution in [0.15, 0.2) is 23.3 Å². The van der Waals surface area contributed by atoms with Gasteiger partial charge in [0.1, 0.15) is 5.82 Å². The second-order valence-corrected chi connectivity index (χ2v) is 10.4. The SMILES string of the molecule is CCCN(CCN(CCN(CCC(C)CC)CC(=O)O)CC(=O)NCc1cc(F)cc(/C(=N/N)NNC)c1)CC(=O)O. The van der Waals surface area contributed by atoms with Crippen LogP contribution in [0, 0.1) is 11.7 Å². The molecule has 7 N–H and O–H groups in total. The number of nitrogens with one attached hydrogen (secondary N) is 3. The van der Waals surface area contributed by atoms with Gasteiger partial charge in [-0.25, -0.2) is 9.82 Å². The molecule has 0 aliphatic carbocycles. The average molecular weight is 597 g/mol. The van der Waals surface area contributed by atoms with Gasteiger partial charge in [0.25, 0.3) is 0 Å². The zero-order chi connectivity index (χ0) is 31.5. The summed E-state index contributed by atoms with van der Waals surface area (Å²) in [7, 11) is 1.62. The van der Waals surface area contributed by atoms with Crippen LogP contribution >= 0.6 is 0 Å². The predicted molar refractivity (Wildman–Crippen MR) is 160 cm³/mol. The van der Waals surface area contributed by atoms with E-state index in [0.29, 0.717) is 56.3 Å². The second-order valence-electron chi connectivity index (χ2n) is 10.4. The lowest BCUT2D eigenvalue weighted by Gasteiger charge is -2.29. The van der Waals surface area contributed by atoms with Crippen LogP contribution in [0.3, 0.4) is 0 Å². The lowest BCUT2D eigenvalue weighted by molar-refractivity contribution is -0.139. The molecule has 0 bridgehead atoms. The Morgan fingerprint density at radius 1 is 0.929 bits per heavy atom. The first-order valence-corrected chi connectivity index (χ1v) is 14.4. The van der Waals surface area contributed by atoms with E-state index >= 15 is 0 Å². The molecule has 238 valence electrons. The minimum absolute atomic E-state index is 0.0122. The van der Waals surface area contributed by atoms with Crippen molar-refractivity contribution in [3.8, 4) is 0 Å². The third-order valence-electron chi connectivity index (χ3n) is 6.82. The number of carbonyl (C=O) groups excluding carboxylic acids is 1. The number of nitrogens with two attached hydrogens (primary N) is 1. The fourth-order valence-corrected chi connectivity index (χ4v) is 4.33. The number of carbonyl (C=O) groups is 3. The van der Waals surface area contributed by atoms with Crippen molar-refractivity contribution in [2.45, 2.75) is 46.6 Å². The number of amides is 1. The van der Waals surface area contributed by atoms with Gasteiger partial charge in [0.15, 0.2) is 5.84 Å². The molecule has 1 amide bonds. The number of hydrazine groups is 1. The molecule has 0 aliphatic heterocycles. The van der Waals surface area contributed by atoms with E-state index in [4.69, 9.17) is 5.84 Å². The summed E-state index contributed by atoms with van der Waals surface area (Å²) in [5, 5.41) is 25.1. The molecule has 0 heterocycles.